The zero-order valence-corrected chi connectivity index (χ0v) is 15.4. The minimum atomic E-state index is 0.188. The Morgan fingerprint density at radius 3 is 2.75 bits per heavy atom. The fourth-order valence-corrected chi connectivity index (χ4v) is 4.56. The molecule has 4 nitrogen and oxygen atoms in total. The number of nitrogens with one attached hydrogen (secondary N) is 1. The summed E-state index contributed by atoms with van der Waals surface area (Å²) in [6.07, 6.45) is 7.58. The van der Waals surface area contributed by atoms with Gasteiger partial charge in [0.15, 0.2) is 0 Å². The topological polar surface area (TPSA) is 41.6 Å². The van der Waals surface area contributed by atoms with E-state index in [2.05, 4.69) is 21.7 Å². The maximum absolute atomic E-state index is 12.3. The SMILES string of the molecule is O=C(CCc1cccs1)NCC1(CN2CCCCC2)CCOCC1. The minimum Gasteiger partial charge on any atom is -0.381 e. The highest BCUT2D eigenvalue weighted by atomic mass is 32.1. The van der Waals surface area contributed by atoms with Gasteiger partial charge in [0.2, 0.25) is 5.91 Å². The fraction of sp³-hybridized carbons (Fsp3) is 0.737. The second kappa shape index (κ2) is 8.97. The van der Waals surface area contributed by atoms with Crippen LogP contribution in [0.1, 0.15) is 43.4 Å². The van der Waals surface area contributed by atoms with Gasteiger partial charge in [0.25, 0.3) is 0 Å². The quantitative estimate of drug-likeness (QED) is 0.822. The Morgan fingerprint density at radius 2 is 2.04 bits per heavy atom. The normalized spacial score (nSPS) is 21.5. The van der Waals surface area contributed by atoms with Gasteiger partial charge in [-0.3, -0.25) is 4.79 Å². The highest BCUT2D eigenvalue weighted by Crippen LogP contribution is 2.32. The molecule has 2 saturated heterocycles. The summed E-state index contributed by atoms with van der Waals surface area (Å²) in [5.74, 6) is 0.188. The van der Waals surface area contributed by atoms with Crippen molar-refractivity contribution in [2.75, 3.05) is 39.4 Å². The zero-order valence-electron chi connectivity index (χ0n) is 14.6. The molecule has 0 saturated carbocycles. The number of aryl methyl sites for hydroxylation is 1. The second-order valence-corrected chi connectivity index (χ2v) is 8.34. The van der Waals surface area contributed by atoms with Crippen LogP contribution in [-0.2, 0) is 16.0 Å². The van der Waals surface area contributed by atoms with Crippen LogP contribution in [0.4, 0.5) is 0 Å². The van der Waals surface area contributed by atoms with Gasteiger partial charge in [0.05, 0.1) is 0 Å². The number of carbonyl (C=O) groups is 1. The van der Waals surface area contributed by atoms with Gasteiger partial charge in [-0.25, -0.2) is 0 Å². The molecule has 0 radical (unpaired) electrons. The number of amides is 1. The predicted molar refractivity (Wildman–Crippen MR) is 98.4 cm³/mol. The van der Waals surface area contributed by atoms with E-state index in [0.717, 1.165) is 45.6 Å². The summed E-state index contributed by atoms with van der Waals surface area (Å²) < 4.78 is 5.59. The molecule has 134 valence electrons. The number of piperidine rings is 1. The van der Waals surface area contributed by atoms with Crippen LogP contribution in [0.2, 0.25) is 0 Å². The Kier molecular flexibility index (Phi) is 6.69. The van der Waals surface area contributed by atoms with Crippen LogP contribution in [0, 0.1) is 5.41 Å². The Balaban J connectivity index is 1.48. The van der Waals surface area contributed by atoms with E-state index >= 15 is 0 Å². The summed E-state index contributed by atoms with van der Waals surface area (Å²) in [6, 6.07) is 4.15. The maximum Gasteiger partial charge on any atom is 0.220 e. The molecule has 1 amide bonds. The molecule has 2 aliphatic heterocycles. The maximum atomic E-state index is 12.3. The van der Waals surface area contributed by atoms with Crippen molar-refractivity contribution < 1.29 is 9.53 Å². The average molecular weight is 351 g/mol. The lowest BCUT2D eigenvalue weighted by atomic mass is 9.79. The number of likely N-dealkylation sites (tertiary alicyclic amines) is 1. The van der Waals surface area contributed by atoms with Gasteiger partial charge < -0.3 is 15.0 Å². The number of hydrogen-bond donors (Lipinski definition) is 1. The molecule has 3 rings (SSSR count). The van der Waals surface area contributed by atoms with E-state index in [9.17, 15) is 4.79 Å². The average Bonchev–Trinajstić information content (AvgIpc) is 3.14. The Bertz CT molecular complexity index is 491. The molecular weight excluding hydrogens is 320 g/mol. The van der Waals surface area contributed by atoms with Gasteiger partial charge in [-0.1, -0.05) is 12.5 Å². The smallest absolute Gasteiger partial charge is 0.220 e. The molecule has 0 bridgehead atoms. The number of hydrogen-bond acceptors (Lipinski definition) is 4. The molecule has 0 aliphatic carbocycles. The van der Waals surface area contributed by atoms with Gasteiger partial charge >= 0.3 is 0 Å². The Labute approximate surface area is 149 Å². The second-order valence-electron chi connectivity index (χ2n) is 7.31. The number of carbonyl (C=O) groups excluding carboxylic acids is 1. The van der Waals surface area contributed by atoms with Gasteiger partial charge in [0, 0.05) is 43.0 Å². The molecule has 1 N–H and O–H groups in total. The zero-order chi connectivity index (χ0) is 16.7. The predicted octanol–water partition coefficient (Wildman–Crippen LogP) is 3.08. The summed E-state index contributed by atoms with van der Waals surface area (Å²) >= 11 is 1.73. The van der Waals surface area contributed by atoms with Gasteiger partial charge in [0.1, 0.15) is 0 Å². The van der Waals surface area contributed by atoms with Crippen LogP contribution in [0.15, 0.2) is 17.5 Å². The van der Waals surface area contributed by atoms with E-state index in [1.54, 1.807) is 11.3 Å². The van der Waals surface area contributed by atoms with E-state index in [4.69, 9.17) is 4.74 Å². The van der Waals surface area contributed by atoms with E-state index < -0.39 is 0 Å². The van der Waals surface area contributed by atoms with Crippen molar-refractivity contribution in [3.63, 3.8) is 0 Å². The van der Waals surface area contributed by atoms with Crippen molar-refractivity contribution in [2.45, 2.75) is 44.9 Å². The summed E-state index contributed by atoms with van der Waals surface area (Å²) in [4.78, 5) is 16.2. The first-order chi connectivity index (χ1) is 11.8. The first-order valence-electron chi connectivity index (χ1n) is 9.35. The van der Waals surface area contributed by atoms with Crippen molar-refractivity contribution >= 4 is 17.2 Å². The molecule has 0 unspecified atom stereocenters. The third-order valence-electron chi connectivity index (χ3n) is 5.40. The number of ether oxygens (including phenoxy) is 1. The molecule has 5 heteroatoms. The Morgan fingerprint density at radius 1 is 1.25 bits per heavy atom. The number of rotatable bonds is 7. The van der Waals surface area contributed by atoms with Crippen molar-refractivity contribution in [1.29, 1.82) is 0 Å². The van der Waals surface area contributed by atoms with Crippen LogP contribution in [0.5, 0.6) is 0 Å². The molecule has 2 aliphatic rings. The lowest BCUT2D eigenvalue weighted by molar-refractivity contribution is -0.122. The largest absolute Gasteiger partial charge is 0.381 e. The monoisotopic (exact) mass is 350 g/mol. The lowest BCUT2D eigenvalue weighted by Crippen LogP contribution is -2.49. The summed E-state index contributed by atoms with van der Waals surface area (Å²) in [5.41, 5.74) is 0.203. The fourth-order valence-electron chi connectivity index (χ4n) is 3.85. The molecule has 0 atom stereocenters. The van der Waals surface area contributed by atoms with Crippen molar-refractivity contribution in [3.05, 3.63) is 22.4 Å². The van der Waals surface area contributed by atoms with Crippen molar-refractivity contribution in [3.8, 4) is 0 Å². The van der Waals surface area contributed by atoms with Gasteiger partial charge in [-0.2, -0.15) is 0 Å². The van der Waals surface area contributed by atoms with E-state index in [-0.39, 0.29) is 11.3 Å². The minimum absolute atomic E-state index is 0.188. The van der Waals surface area contributed by atoms with Crippen LogP contribution in [-0.4, -0.2) is 50.2 Å². The highest BCUT2D eigenvalue weighted by molar-refractivity contribution is 7.09. The third kappa shape index (κ3) is 5.30. The number of nitrogens with zero attached hydrogens (tertiary/aromatic N) is 1. The molecule has 2 fully saturated rings. The van der Waals surface area contributed by atoms with E-state index in [0.29, 0.717) is 6.42 Å². The van der Waals surface area contributed by atoms with Crippen LogP contribution in [0.25, 0.3) is 0 Å². The van der Waals surface area contributed by atoms with Crippen LogP contribution < -0.4 is 5.32 Å². The van der Waals surface area contributed by atoms with Crippen molar-refractivity contribution in [1.82, 2.24) is 10.2 Å². The van der Waals surface area contributed by atoms with E-state index in [1.165, 1.54) is 37.2 Å². The summed E-state index contributed by atoms with van der Waals surface area (Å²) in [6.45, 7) is 6.01. The molecule has 0 aromatic carbocycles. The van der Waals surface area contributed by atoms with Crippen molar-refractivity contribution in [2.24, 2.45) is 5.41 Å². The summed E-state index contributed by atoms with van der Waals surface area (Å²) in [5, 5.41) is 5.30. The first-order valence-corrected chi connectivity index (χ1v) is 10.2. The highest BCUT2D eigenvalue weighted by Gasteiger charge is 2.35. The number of thiophene rings is 1. The van der Waals surface area contributed by atoms with Crippen LogP contribution >= 0.6 is 11.3 Å². The molecule has 1 aromatic rings. The summed E-state index contributed by atoms with van der Waals surface area (Å²) in [7, 11) is 0. The van der Waals surface area contributed by atoms with Crippen LogP contribution in [0.3, 0.4) is 0 Å². The van der Waals surface area contributed by atoms with E-state index in [1.807, 2.05) is 6.07 Å². The molecule has 3 heterocycles. The first kappa shape index (κ1) is 17.9. The molecule has 1 aromatic heterocycles. The standard InChI is InChI=1S/C19H30N2O2S/c22-18(7-6-17-5-4-14-24-17)20-15-19(8-12-23-13-9-19)16-21-10-2-1-3-11-21/h4-5,14H,1-3,6-13,15-16H2,(H,20,22). The molecular formula is C19H30N2O2S. The third-order valence-corrected chi connectivity index (χ3v) is 6.34. The van der Waals surface area contributed by atoms with Gasteiger partial charge in [-0.15, -0.1) is 11.3 Å². The van der Waals surface area contributed by atoms with Gasteiger partial charge in [-0.05, 0) is 56.6 Å². The lowest BCUT2D eigenvalue weighted by Gasteiger charge is -2.42. The Hall–Kier alpha value is -0.910. The molecule has 24 heavy (non-hydrogen) atoms. The molecule has 0 spiro atoms.